The van der Waals surface area contributed by atoms with Crippen LogP contribution < -0.4 is 10.6 Å². The van der Waals surface area contributed by atoms with Gasteiger partial charge in [0.15, 0.2) is 11.6 Å². The Balaban J connectivity index is 2.82. The van der Waals surface area contributed by atoms with Crippen molar-refractivity contribution in [1.82, 2.24) is 5.32 Å². The molecular weight excluding hydrogens is 270 g/mol. The van der Waals surface area contributed by atoms with Crippen molar-refractivity contribution in [2.24, 2.45) is 5.41 Å². The summed E-state index contributed by atoms with van der Waals surface area (Å²) in [5.74, 6) is -3.52. The summed E-state index contributed by atoms with van der Waals surface area (Å²) in [6.07, 6.45) is 0. The number of rotatable bonds is 3. The van der Waals surface area contributed by atoms with Gasteiger partial charge in [0, 0.05) is 0 Å². The summed E-state index contributed by atoms with van der Waals surface area (Å²) in [6, 6.07) is 1.22. The van der Waals surface area contributed by atoms with Crippen LogP contribution in [0.2, 0.25) is 0 Å². The number of aliphatic carboxylic acids is 1. The highest BCUT2D eigenvalue weighted by Gasteiger charge is 2.32. The number of amides is 2. The second-order valence-corrected chi connectivity index (χ2v) is 5.34. The molecule has 0 heterocycles. The van der Waals surface area contributed by atoms with Crippen molar-refractivity contribution in [1.29, 1.82) is 0 Å². The number of carbonyl (C=O) groups excluding carboxylic acids is 1. The van der Waals surface area contributed by atoms with Crippen LogP contribution in [-0.2, 0) is 4.79 Å². The Bertz CT molecular complexity index is 527. The van der Waals surface area contributed by atoms with Crippen LogP contribution >= 0.6 is 0 Å². The van der Waals surface area contributed by atoms with Crippen LogP contribution in [0, 0.1) is 17.0 Å². The molecule has 0 aromatic heterocycles. The minimum Gasteiger partial charge on any atom is -0.480 e. The molecule has 0 saturated heterocycles. The van der Waals surface area contributed by atoms with Crippen molar-refractivity contribution in [2.75, 3.05) is 5.32 Å². The highest BCUT2D eigenvalue weighted by atomic mass is 19.2. The number of halogens is 2. The molecule has 1 rings (SSSR count). The monoisotopic (exact) mass is 286 g/mol. The maximum Gasteiger partial charge on any atom is 0.326 e. The van der Waals surface area contributed by atoms with Gasteiger partial charge in [-0.3, -0.25) is 0 Å². The van der Waals surface area contributed by atoms with Gasteiger partial charge in [-0.1, -0.05) is 26.8 Å². The molecule has 0 unspecified atom stereocenters. The number of hydrogen-bond donors (Lipinski definition) is 3. The van der Waals surface area contributed by atoms with Crippen LogP contribution in [0.4, 0.5) is 19.3 Å². The van der Waals surface area contributed by atoms with Crippen LogP contribution in [0.3, 0.4) is 0 Å². The molecule has 2 amide bonds. The van der Waals surface area contributed by atoms with E-state index in [1.165, 1.54) is 12.1 Å². The van der Waals surface area contributed by atoms with Crippen molar-refractivity contribution in [3.8, 4) is 0 Å². The lowest BCUT2D eigenvalue weighted by Crippen LogP contribution is -2.50. The molecule has 7 heteroatoms. The Morgan fingerprint density at radius 1 is 1.25 bits per heavy atom. The number of urea groups is 1. The average molecular weight is 286 g/mol. The van der Waals surface area contributed by atoms with E-state index in [0.717, 1.165) is 6.07 Å². The Morgan fingerprint density at radius 3 is 2.35 bits per heavy atom. The van der Waals surface area contributed by atoms with Gasteiger partial charge in [0.2, 0.25) is 0 Å². The van der Waals surface area contributed by atoms with E-state index in [1.54, 1.807) is 20.8 Å². The number of hydrogen-bond acceptors (Lipinski definition) is 2. The zero-order valence-corrected chi connectivity index (χ0v) is 11.3. The quantitative estimate of drug-likeness (QED) is 0.799. The third kappa shape index (κ3) is 3.91. The molecule has 1 aromatic rings. The third-order valence-electron chi connectivity index (χ3n) is 2.59. The lowest BCUT2D eigenvalue weighted by molar-refractivity contribution is -0.141. The first-order valence-electron chi connectivity index (χ1n) is 5.87. The molecule has 20 heavy (non-hydrogen) atoms. The van der Waals surface area contributed by atoms with E-state index < -0.39 is 35.1 Å². The third-order valence-corrected chi connectivity index (χ3v) is 2.59. The van der Waals surface area contributed by atoms with Crippen molar-refractivity contribution in [3.05, 3.63) is 29.8 Å². The van der Waals surface area contributed by atoms with Gasteiger partial charge in [-0.15, -0.1) is 0 Å². The molecule has 1 aromatic carbocycles. The summed E-state index contributed by atoms with van der Waals surface area (Å²) >= 11 is 0. The number of benzene rings is 1. The molecule has 0 aliphatic rings. The van der Waals surface area contributed by atoms with Gasteiger partial charge in [0.1, 0.15) is 6.04 Å². The van der Waals surface area contributed by atoms with Crippen LogP contribution in [-0.4, -0.2) is 23.1 Å². The van der Waals surface area contributed by atoms with E-state index in [4.69, 9.17) is 5.11 Å². The molecule has 0 radical (unpaired) electrons. The van der Waals surface area contributed by atoms with E-state index in [0.29, 0.717) is 0 Å². The first kappa shape index (κ1) is 15.9. The molecule has 0 spiro atoms. The molecule has 110 valence electrons. The fraction of sp³-hybridized carbons (Fsp3) is 0.385. The second kappa shape index (κ2) is 5.85. The average Bonchev–Trinajstić information content (AvgIpc) is 2.30. The van der Waals surface area contributed by atoms with E-state index in [9.17, 15) is 18.4 Å². The smallest absolute Gasteiger partial charge is 0.326 e. The van der Waals surface area contributed by atoms with E-state index >= 15 is 0 Å². The minimum absolute atomic E-state index is 0.361. The number of carboxylic acids is 1. The summed E-state index contributed by atoms with van der Waals surface area (Å²) in [5, 5.41) is 13.3. The Kier molecular flexibility index (Phi) is 4.65. The zero-order chi connectivity index (χ0) is 15.5. The van der Waals surface area contributed by atoms with Gasteiger partial charge in [-0.05, 0) is 17.5 Å². The molecule has 0 aliphatic carbocycles. The van der Waals surface area contributed by atoms with E-state index in [1.807, 2.05) is 0 Å². The highest BCUT2D eigenvalue weighted by molar-refractivity contribution is 5.92. The topological polar surface area (TPSA) is 78.4 Å². The van der Waals surface area contributed by atoms with E-state index in [-0.39, 0.29) is 5.69 Å². The van der Waals surface area contributed by atoms with Gasteiger partial charge in [0.25, 0.3) is 0 Å². The van der Waals surface area contributed by atoms with Crippen LogP contribution in [0.25, 0.3) is 0 Å². The molecule has 3 N–H and O–H groups in total. The van der Waals surface area contributed by atoms with Gasteiger partial charge in [-0.25, -0.2) is 18.4 Å². The van der Waals surface area contributed by atoms with Crippen molar-refractivity contribution in [3.63, 3.8) is 0 Å². The molecule has 1 atom stereocenters. The molecule has 0 fully saturated rings. The van der Waals surface area contributed by atoms with Crippen molar-refractivity contribution >= 4 is 17.7 Å². The lowest BCUT2D eigenvalue weighted by Gasteiger charge is -2.27. The normalized spacial score (nSPS) is 12.7. The predicted molar refractivity (Wildman–Crippen MR) is 69.4 cm³/mol. The molecule has 0 saturated carbocycles. The lowest BCUT2D eigenvalue weighted by atomic mass is 9.87. The summed E-state index contributed by atoms with van der Waals surface area (Å²) in [4.78, 5) is 22.7. The summed E-state index contributed by atoms with van der Waals surface area (Å²) in [5.41, 5.74) is -1.09. The van der Waals surface area contributed by atoms with Gasteiger partial charge < -0.3 is 15.7 Å². The Labute approximate surface area is 115 Å². The summed E-state index contributed by atoms with van der Waals surface area (Å²) in [7, 11) is 0. The maximum absolute atomic E-state index is 13.4. The van der Waals surface area contributed by atoms with Crippen molar-refractivity contribution in [2.45, 2.75) is 26.8 Å². The van der Waals surface area contributed by atoms with Gasteiger partial charge in [-0.2, -0.15) is 0 Å². The number of anilines is 1. The van der Waals surface area contributed by atoms with Gasteiger partial charge >= 0.3 is 12.0 Å². The van der Waals surface area contributed by atoms with Crippen LogP contribution in [0.5, 0.6) is 0 Å². The minimum atomic E-state index is -1.22. The Hall–Kier alpha value is -2.18. The largest absolute Gasteiger partial charge is 0.480 e. The first-order chi connectivity index (χ1) is 9.12. The molecular formula is C13H16F2N2O3. The fourth-order valence-corrected chi connectivity index (χ4v) is 1.54. The predicted octanol–water partition coefficient (Wildman–Crippen LogP) is 2.59. The second-order valence-electron chi connectivity index (χ2n) is 5.34. The summed E-state index contributed by atoms with van der Waals surface area (Å²) < 4.78 is 26.3. The standard InChI is InChI=1S/C13H16F2N2O3/c1-13(2,3)10(11(18)19)17-12(20)16-8-6-4-5-7(14)9(8)15/h4-6,10H,1-3H3,(H,18,19)(H2,16,17,20)/t10-/m1/s1. The number of carboxylic acid groups (broad SMARTS) is 1. The molecule has 0 aliphatic heterocycles. The van der Waals surface area contributed by atoms with Crippen LogP contribution in [0.15, 0.2) is 18.2 Å². The van der Waals surface area contributed by atoms with E-state index in [2.05, 4.69) is 10.6 Å². The first-order valence-corrected chi connectivity index (χ1v) is 5.87. The van der Waals surface area contributed by atoms with Crippen molar-refractivity contribution < 1.29 is 23.5 Å². The highest BCUT2D eigenvalue weighted by Crippen LogP contribution is 2.20. The van der Waals surface area contributed by atoms with Gasteiger partial charge in [0.05, 0.1) is 5.69 Å². The number of nitrogens with one attached hydrogen (secondary N) is 2. The maximum atomic E-state index is 13.4. The van der Waals surface area contributed by atoms with Crippen LogP contribution in [0.1, 0.15) is 20.8 Å². The summed E-state index contributed by atoms with van der Waals surface area (Å²) in [6.45, 7) is 4.90. The Morgan fingerprint density at radius 2 is 1.85 bits per heavy atom. The zero-order valence-electron chi connectivity index (χ0n) is 11.3. The molecule has 5 nitrogen and oxygen atoms in total. The molecule has 0 bridgehead atoms. The SMILES string of the molecule is CC(C)(C)[C@H](NC(=O)Nc1cccc(F)c1F)C(=O)O. The fourth-order valence-electron chi connectivity index (χ4n) is 1.54. The number of carbonyl (C=O) groups is 2.